The van der Waals surface area contributed by atoms with Crippen LogP contribution in [0, 0.1) is 0 Å². The summed E-state index contributed by atoms with van der Waals surface area (Å²) in [5.74, 6) is 0. The Balaban J connectivity index is -0.00000000500. The third-order valence-electron chi connectivity index (χ3n) is 0. The van der Waals surface area contributed by atoms with Crippen LogP contribution < -0.4 is 0 Å². The van der Waals surface area contributed by atoms with E-state index in [0.29, 0.717) is 0 Å². The van der Waals surface area contributed by atoms with Gasteiger partial charge in [0, 0.05) is 11.0 Å². The lowest BCUT2D eigenvalue weighted by Gasteiger charge is -0.803. The van der Waals surface area contributed by atoms with Gasteiger partial charge in [0.05, 0.1) is 0 Å². The Morgan fingerprint density at radius 3 is 1.00 bits per heavy atom. The Labute approximate surface area is 26.7 Å². The molecule has 0 aromatic rings. The molecule has 0 saturated heterocycles. The fourth-order valence-electron chi connectivity index (χ4n) is 0. The first kappa shape index (κ1) is 38.7. The van der Waals surface area contributed by atoms with Crippen molar-refractivity contribution in [3.05, 3.63) is 0 Å². The van der Waals surface area contributed by atoms with Crippen molar-refractivity contribution in [3.63, 3.8) is 0 Å². The fourth-order valence-corrected chi connectivity index (χ4v) is 0. The molecular weight excluding hydrogens is 76.1 g/mol. The van der Waals surface area contributed by atoms with Crippen molar-refractivity contribution in [2.24, 2.45) is 0 Å². The molecule has 22 valence electrons. The molecule has 0 saturated carbocycles. The van der Waals surface area contributed by atoms with E-state index >= 15 is 0 Å². The number of hydrogen-bond acceptors (Lipinski definition) is 1. The number of hydrogen-bond donors (Lipinski definition) is 0. The molecule has 0 spiro atoms. The minimum atomic E-state index is 0. The lowest BCUT2D eigenvalue weighted by Crippen LogP contribution is -0.969. The van der Waals surface area contributed by atoms with Gasteiger partial charge in [-0.05, 0) is 0 Å². The second-order valence-electron chi connectivity index (χ2n) is 0. The highest BCUT2D eigenvalue weighted by Gasteiger charge is 0.803. The van der Waals surface area contributed by atoms with Crippen molar-refractivity contribution in [1.82, 2.24) is 0 Å². The highest BCUT2D eigenvalue weighted by molar-refractivity contribution is 5.85. The van der Waals surface area contributed by atoms with Gasteiger partial charge in [0.15, 0.2) is 0 Å². The van der Waals surface area contributed by atoms with Gasteiger partial charge in [0.1, 0.15) is 0 Å². The van der Waals surface area contributed by atoms with Crippen molar-refractivity contribution >= 4 is 10.1 Å². The van der Waals surface area contributed by atoms with Gasteiger partial charge < -0.3 is 4.46 Å². The van der Waals surface area contributed by atoms with Gasteiger partial charge in [0.25, 0.3) is 0 Å². The summed E-state index contributed by atoms with van der Waals surface area (Å²) in [7, 11) is 1.72. The SMILES string of the molecule is O=[Si].[O].[O]. The molecule has 0 amide bonds. The second kappa shape index (κ2) is 2770. The standard InChI is InChI=1S/OSi.2O/c1-2;;. The van der Waals surface area contributed by atoms with Crippen LogP contribution >= 0.6 is 0 Å². The Kier molecular flexibility index (Phi) is 26700. The first-order chi connectivity index (χ1) is 1.00. The Bertz CT molecular complexity index is 3.25. The van der Waals surface area contributed by atoms with Gasteiger partial charge in [-0.15, -0.1) is 0 Å². The van der Waals surface area contributed by atoms with E-state index in [2.05, 4.69) is 0 Å². The molecule has 0 unspecified atom stereocenters. The summed E-state index contributed by atoms with van der Waals surface area (Å²) in [5.41, 5.74) is 0. The van der Waals surface area contributed by atoms with E-state index in [1.165, 1.54) is 0 Å². The average molecular weight is 76.1 g/mol. The molecule has 0 bridgehead atoms. The van der Waals surface area contributed by atoms with Crippen LogP contribution in [0.3, 0.4) is 0 Å². The lowest BCUT2D eigenvalue weighted by molar-refractivity contribution is 0.590. The summed E-state index contributed by atoms with van der Waals surface area (Å²) < 4.78 is 8.06. The highest BCUT2D eigenvalue weighted by atomic mass is 28.1. The fraction of sp³-hybridized carbons (Fsp3) is 0. The van der Waals surface area contributed by atoms with E-state index in [4.69, 9.17) is 4.46 Å². The maximum absolute atomic E-state index is 8.06. The largest absolute Gasteiger partial charge is 0.381 e. The summed E-state index contributed by atoms with van der Waals surface area (Å²) in [6.45, 7) is 0. The molecule has 0 aliphatic carbocycles. The van der Waals surface area contributed by atoms with E-state index in [9.17, 15) is 0 Å². The zero-order chi connectivity index (χ0) is 2.00. The molecule has 0 atom stereocenters. The maximum Gasteiger partial charge on any atom is 0.381 e. The van der Waals surface area contributed by atoms with Crippen LogP contribution in [0.15, 0.2) is 0 Å². The van der Waals surface area contributed by atoms with Crippen molar-refractivity contribution in [2.45, 2.75) is 0 Å². The molecule has 4 heavy (non-hydrogen) atoms. The summed E-state index contributed by atoms with van der Waals surface area (Å²) in [6.07, 6.45) is 0. The summed E-state index contributed by atoms with van der Waals surface area (Å²) in [4.78, 5) is 0. The topological polar surface area (TPSA) is 74.1 Å². The molecule has 6 radical (unpaired) electrons. The van der Waals surface area contributed by atoms with E-state index in [1.807, 2.05) is 0 Å². The second-order valence-corrected chi connectivity index (χ2v) is 0. The molecule has 0 aromatic heterocycles. The summed E-state index contributed by atoms with van der Waals surface area (Å²) in [5, 5.41) is 0. The molecule has 0 aliphatic rings. The minimum Gasteiger partial charge on any atom is -0.381 e. The smallest absolute Gasteiger partial charge is 0.381 e. The van der Waals surface area contributed by atoms with Crippen molar-refractivity contribution in [3.8, 4) is 0 Å². The zero-order valence-corrected chi connectivity index (χ0v) is 2.72. The lowest BCUT2D eigenvalue weighted by atomic mass is 16.0. The van der Waals surface area contributed by atoms with Crippen LogP contribution in [-0.4, -0.2) is 10.1 Å². The maximum atomic E-state index is 8.06. The van der Waals surface area contributed by atoms with Gasteiger partial charge in [-0.25, -0.2) is 0 Å². The van der Waals surface area contributed by atoms with Gasteiger partial charge in [-0.1, -0.05) is 0 Å². The molecule has 0 fully saturated rings. The molecule has 0 heterocycles. The minimum absolute atomic E-state index is 0. The Hall–Kier alpha value is -0.0631. The zero-order valence-electron chi connectivity index (χ0n) is 1.72. The molecule has 0 rings (SSSR count). The number of rotatable bonds is 0. The molecule has 0 aliphatic heterocycles. The van der Waals surface area contributed by atoms with Crippen LogP contribution in [0.5, 0.6) is 0 Å². The molecule has 3 nitrogen and oxygen atoms in total. The van der Waals surface area contributed by atoms with Crippen LogP contribution in [0.1, 0.15) is 0 Å². The van der Waals surface area contributed by atoms with Gasteiger partial charge in [0.2, 0.25) is 0 Å². The normalized spacial score (nSPS) is 1.00. The summed E-state index contributed by atoms with van der Waals surface area (Å²) >= 11 is 0. The summed E-state index contributed by atoms with van der Waals surface area (Å²) in [6, 6.07) is 0. The molecular formula is O3Si. The van der Waals surface area contributed by atoms with Crippen LogP contribution in [0.4, 0.5) is 0 Å². The van der Waals surface area contributed by atoms with Crippen LogP contribution in [0.25, 0.3) is 0 Å². The van der Waals surface area contributed by atoms with Gasteiger partial charge in [-0.3, -0.25) is 0 Å². The predicted molar refractivity (Wildman–Crippen MR) is 7.81 cm³/mol. The Morgan fingerprint density at radius 1 is 1.00 bits per heavy atom. The monoisotopic (exact) mass is 76.0 g/mol. The first-order valence-corrected chi connectivity index (χ1v) is 0.612. The third kappa shape index (κ3) is 427. The van der Waals surface area contributed by atoms with E-state index in [1.54, 1.807) is 10.1 Å². The van der Waals surface area contributed by atoms with Gasteiger partial charge >= 0.3 is 10.1 Å². The third-order valence-corrected chi connectivity index (χ3v) is 0. The molecule has 4 heteroatoms. The van der Waals surface area contributed by atoms with E-state index in [-0.39, 0.29) is 11.0 Å². The van der Waals surface area contributed by atoms with Gasteiger partial charge in [-0.2, -0.15) is 0 Å². The average Bonchev–Trinajstić information content (AvgIpc) is 1.00. The van der Waals surface area contributed by atoms with Crippen molar-refractivity contribution < 1.29 is 15.4 Å². The highest BCUT2D eigenvalue weighted by Crippen LogP contribution is 0.469. The molecule has 0 N–H and O–H groups in total. The first-order valence-electron chi connectivity index (χ1n) is 0.204. The van der Waals surface area contributed by atoms with Crippen molar-refractivity contribution in [2.75, 3.05) is 0 Å². The van der Waals surface area contributed by atoms with Crippen molar-refractivity contribution in [1.29, 1.82) is 0 Å². The van der Waals surface area contributed by atoms with Crippen LogP contribution in [0.2, 0.25) is 0 Å². The Morgan fingerprint density at radius 2 is 1.00 bits per heavy atom. The quantitative estimate of drug-likeness (QED) is 0.350. The molecule has 0 aromatic carbocycles. The van der Waals surface area contributed by atoms with E-state index < -0.39 is 0 Å². The van der Waals surface area contributed by atoms with Crippen LogP contribution in [-0.2, 0) is 15.4 Å². The van der Waals surface area contributed by atoms with E-state index in [0.717, 1.165) is 0 Å². The predicted octanol–water partition coefficient (Wildman–Crippen LogP) is -0.737.